The van der Waals surface area contributed by atoms with Gasteiger partial charge in [-0.3, -0.25) is 4.79 Å². The summed E-state index contributed by atoms with van der Waals surface area (Å²) in [4.78, 5) is 11.9. The van der Waals surface area contributed by atoms with E-state index in [1.54, 1.807) is 12.1 Å². The smallest absolute Gasteiger partial charge is 0.255 e. The topological polar surface area (TPSA) is 61.4 Å². The van der Waals surface area contributed by atoms with Crippen molar-refractivity contribution in [1.82, 2.24) is 10.6 Å². The average Bonchev–Trinajstić information content (AvgIpc) is 2.30. The first-order valence-electron chi connectivity index (χ1n) is 5.67. The lowest BCUT2D eigenvalue weighted by molar-refractivity contribution is 0.0927. The van der Waals surface area contributed by atoms with Gasteiger partial charge in [-0.25, -0.2) is 0 Å². The molecule has 0 bridgehead atoms. The highest BCUT2D eigenvalue weighted by atomic mass is 79.9. The number of carbonyl (C=O) groups is 1. The number of hydrogen-bond donors (Lipinski definition) is 3. The Morgan fingerprint density at radius 1 is 1.41 bits per heavy atom. The number of phenols is 1. The Kier molecular flexibility index (Phi) is 4.02. The first-order valence-corrected chi connectivity index (χ1v) is 6.46. The summed E-state index contributed by atoms with van der Waals surface area (Å²) in [6.07, 6.45) is 1.87. The molecular formula is C12H15BrN2O2. The van der Waals surface area contributed by atoms with Crippen LogP contribution < -0.4 is 10.6 Å². The molecule has 0 spiro atoms. The zero-order chi connectivity index (χ0) is 12.3. The van der Waals surface area contributed by atoms with Gasteiger partial charge in [-0.2, -0.15) is 0 Å². The Morgan fingerprint density at radius 2 is 2.12 bits per heavy atom. The Labute approximate surface area is 109 Å². The first-order chi connectivity index (χ1) is 8.16. The van der Waals surface area contributed by atoms with Gasteiger partial charge >= 0.3 is 0 Å². The molecule has 5 heteroatoms. The predicted molar refractivity (Wildman–Crippen MR) is 69.2 cm³/mol. The fourth-order valence-corrected chi connectivity index (χ4v) is 2.28. The zero-order valence-electron chi connectivity index (χ0n) is 9.37. The number of rotatable bonds is 2. The molecule has 1 aliphatic heterocycles. The Bertz CT molecular complexity index is 417. The fourth-order valence-electron chi connectivity index (χ4n) is 1.93. The highest BCUT2D eigenvalue weighted by Crippen LogP contribution is 2.22. The fraction of sp³-hybridized carbons (Fsp3) is 0.417. The van der Waals surface area contributed by atoms with Crippen LogP contribution in [0.4, 0.5) is 0 Å². The maximum Gasteiger partial charge on any atom is 0.255 e. The summed E-state index contributed by atoms with van der Waals surface area (Å²) < 4.78 is 0.758. The lowest BCUT2D eigenvalue weighted by atomic mass is 10.1. The minimum atomic E-state index is -0.207. The van der Waals surface area contributed by atoms with Crippen LogP contribution in [0.1, 0.15) is 23.2 Å². The summed E-state index contributed by atoms with van der Waals surface area (Å²) >= 11 is 3.24. The van der Waals surface area contributed by atoms with Crippen molar-refractivity contribution in [3.63, 3.8) is 0 Å². The third kappa shape index (κ3) is 3.20. The number of aromatic hydroxyl groups is 1. The van der Waals surface area contributed by atoms with Crippen LogP contribution in [0.25, 0.3) is 0 Å². The van der Waals surface area contributed by atoms with Gasteiger partial charge in [0.05, 0.1) is 5.56 Å². The van der Waals surface area contributed by atoms with Crippen LogP contribution in [0.5, 0.6) is 5.75 Å². The number of carbonyl (C=O) groups excluding carboxylic acids is 1. The molecule has 0 aromatic heterocycles. The highest BCUT2D eigenvalue weighted by molar-refractivity contribution is 9.10. The van der Waals surface area contributed by atoms with Crippen LogP contribution in [-0.4, -0.2) is 30.1 Å². The number of phenolic OH excluding ortho intramolecular Hbond substituents is 1. The summed E-state index contributed by atoms with van der Waals surface area (Å²) in [5.41, 5.74) is 0.326. The molecular weight excluding hydrogens is 284 g/mol. The predicted octanol–water partition coefficient (Wildman–Crippen LogP) is 1.64. The molecule has 0 radical (unpaired) electrons. The molecule has 3 N–H and O–H groups in total. The van der Waals surface area contributed by atoms with Gasteiger partial charge in [-0.1, -0.05) is 15.9 Å². The van der Waals surface area contributed by atoms with Gasteiger partial charge in [0.25, 0.3) is 5.91 Å². The van der Waals surface area contributed by atoms with Crippen molar-refractivity contribution in [3.8, 4) is 5.75 Å². The molecule has 1 amide bonds. The minimum Gasteiger partial charge on any atom is -0.507 e. The highest BCUT2D eigenvalue weighted by Gasteiger charge is 2.18. The number of amides is 1. The van der Waals surface area contributed by atoms with E-state index in [0.29, 0.717) is 5.56 Å². The van der Waals surface area contributed by atoms with E-state index in [-0.39, 0.29) is 17.7 Å². The third-order valence-electron chi connectivity index (χ3n) is 2.88. The molecule has 1 fully saturated rings. The van der Waals surface area contributed by atoms with Crippen molar-refractivity contribution in [2.45, 2.75) is 18.9 Å². The second-order valence-electron chi connectivity index (χ2n) is 4.16. The van der Waals surface area contributed by atoms with Gasteiger partial charge in [-0.05, 0) is 44.1 Å². The van der Waals surface area contributed by atoms with E-state index < -0.39 is 0 Å². The summed E-state index contributed by atoms with van der Waals surface area (Å²) in [5.74, 6) is -0.201. The molecule has 92 valence electrons. The Balaban J connectivity index is 2.03. The van der Waals surface area contributed by atoms with Gasteiger partial charge in [0.15, 0.2) is 0 Å². The Morgan fingerprint density at radius 3 is 2.76 bits per heavy atom. The van der Waals surface area contributed by atoms with Crippen molar-refractivity contribution >= 4 is 21.8 Å². The Hall–Kier alpha value is -1.07. The second-order valence-corrected chi connectivity index (χ2v) is 5.07. The maximum atomic E-state index is 11.9. The summed E-state index contributed by atoms with van der Waals surface area (Å²) in [6.45, 7) is 1.86. The van der Waals surface area contributed by atoms with E-state index in [1.807, 2.05) is 0 Å². The van der Waals surface area contributed by atoms with Gasteiger partial charge in [-0.15, -0.1) is 0 Å². The van der Waals surface area contributed by atoms with Gasteiger partial charge in [0, 0.05) is 10.5 Å². The van der Waals surface area contributed by atoms with Crippen LogP contribution in [0.15, 0.2) is 22.7 Å². The van der Waals surface area contributed by atoms with E-state index in [2.05, 4.69) is 26.6 Å². The lowest BCUT2D eigenvalue weighted by Crippen LogP contribution is -2.42. The number of piperidine rings is 1. The van der Waals surface area contributed by atoms with Crippen LogP contribution in [-0.2, 0) is 0 Å². The normalized spacial score (nSPS) is 16.8. The average molecular weight is 299 g/mol. The second kappa shape index (κ2) is 5.51. The van der Waals surface area contributed by atoms with Crippen LogP contribution in [0, 0.1) is 0 Å². The summed E-state index contributed by atoms with van der Waals surface area (Å²) in [7, 11) is 0. The molecule has 0 aliphatic carbocycles. The molecule has 0 saturated carbocycles. The standard InChI is InChI=1S/C12H15BrN2O2/c13-8-1-2-10(11(16)7-8)12(17)15-9-3-5-14-6-4-9/h1-2,7,9,14,16H,3-6H2,(H,15,17). The maximum absolute atomic E-state index is 11.9. The molecule has 4 nitrogen and oxygen atoms in total. The molecule has 0 unspecified atom stereocenters. The van der Waals surface area contributed by atoms with Gasteiger partial charge < -0.3 is 15.7 Å². The molecule has 1 aliphatic rings. The largest absolute Gasteiger partial charge is 0.507 e. The quantitative estimate of drug-likeness (QED) is 0.778. The number of benzene rings is 1. The van der Waals surface area contributed by atoms with E-state index in [1.165, 1.54) is 6.07 Å². The van der Waals surface area contributed by atoms with Crippen LogP contribution in [0.2, 0.25) is 0 Å². The molecule has 1 saturated heterocycles. The van der Waals surface area contributed by atoms with Crippen molar-refractivity contribution in [3.05, 3.63) is 28.2 Å². The van der Waals surface area contributed by atoms with Crippen molar-refractivity contribution in [2.75, 3.05) is 13.1 Å². The van der Waals surface area contributed by atoms with Gasteiger partial charge in [0.2, 0.25) is 0 Å². The number of nitrogens with one attached hydrogen (secondary N) is 2. The van der Waals surface area contributed by atoms with Gasteiger partial charge in [0.1, 0.15) is 5.75 Å². The van der Waals surface area contributed by atoms with E-state index in [0.717, 1.165) is 30.4 Å². The zero-order valence-corrected chi connectivity index (χ0v) is 11.0. The van der Waals surface area contributed by atoms with Crippen LogP contribution >= 0.6 is 15.9 Å². The molecule has 1 heterocycles. The van der Waals surface area contributed by atoms with Crippen molar-refractivity contribution < 1.29 is 9.90 Å². The van der Waals surface area contributed by atoms with Crippen molar-refractivity contribution in [1.29, 1.82) is 0 Å². The van der Waals surface area contributed by atoms with E-state index in [4.69, 9.17) is 0 Å². The molecule has 0 atom stereocenters. The number of hydrogen-bond acceptors (Lipinski definition) is 3. The monoisotopic (exact) mass is 298 g/mol. The lowest BCUT2D eigenvalue weighted by Gasteiger charge is -2.23. The van der Waals surface area contributed by atoms with E-state index >= 15 is 0 Å². The SMILES string of the molecule is O=C(NC1CCNCC1)c1ccc(Br)cc1O. The van der Waals surface area contributed by atoms with Crippen LogP contribution in [0.3, 0.4) is 0 Å². The molecule has 2 rings (SSSR count). The first kappa shape index (κ1) is 12.4. The van der Waals surface area contributed by atoms with E-state index in [9.17, 15) is 9.90 Å². The minimum absolute atomic E-state index is 0.00538. The summed E-state index contributed by atoms with van der Waals surface area (Å²) in [5, 5.41) is 15.9. The number of halogens is 1. The molecule has 17 heavy (non-hydrogen) atoms. The van der Waals surface area contributed by atoms with Crippen molar-refractivity contribution in [2.24, 2.45) is 0 Å². The third-order valence-corrected chi connectivity index (χ3v) is 3.37. The summed E-state index contributed by atoms with van der Waals surface area (Å²) in [6, 6.07) is 5.09. The molecule has 1 aromatic rings. The molecule has 1 aromatic carbocycles.